The summed E-state index contributed by atoms with van der Waals surface area (Å²) in [5.74, 6) is 0.295. The molecule has 6 nitrogen and oxygen atoms in total. The molecule has 166 valence electrons. The Labute approximate surface area is 188 Å². The van der Waals surface area contributed by atoms with Gasteiger partial charge in [0.1, 0.15) is 24.7 Å². The van der Waals surface area contributed by atoms with E-state index in [1.807, 2.05) is 42.5 Å². The van der Waals surface area contributed by atoms with E-state index in [-0.39, 0.29) is 12.0 Å². The maximum Gasteiger partial charge on any atom is 0.273 e. The molecule has 0 fully saturated rings. The molecule has 0 aliphatic rings. The highest BCUT2D eigenvalue weighted by Gasteiger charge is 2.16. The van der Waals surface area contributed by atoms with Crippen molar-refractivity contribution in [1.29, 1.82) is 0 Å². The second-order valence-corrected chi connectivity index (χ2v) is 8.24. The highest BCUT2D eigenvalue weighted by Crippen LogP contribution is 2.22. The van der Waals surface area contributed by atoms with Crippen LogP contribution in [0.15, 0.2) is 78.9 Å². The zero-order chi connectivity index (χ0) is 23.0. The summed E-state index contributed by atoms with van der Waals surface area (Å²) in [5, 5.41) is 0. The molecule has 6 heteroatoms. The Hall–Kier alpha value is -3.80. The van der Waals surface area contributed by atoms with Crippen molar-refractivity contribution >= 4 is 11.8 Å². The van der Waals surface area contributed by atoms with Crippen LogP contribution in [0.4, 0.5) is 0 Å². The summed E-state index contributed by atoms with van der Waals surface area (Å²) < 4.78 is 11.3. The second-order valence-electron chi connectivity index (χ2n) is 8.24. The van der Waals surface area contributed by atoms with E-state index in [0.717, 1.165) is 11.3 Å². The molecule has 0 aromatic heterocycles. The number of para-hydroxylation sites is 2. The van der Waals surface area contributed by atoms with Gasteiger partial charge in [0.25, 0.3) is 11.8 Å². The van der Waals surface area contributed by atoms with Gasteiger partial charge in [-0.3, -0.25) is 20.4 Å². The van der Waals surface area contributed by atoms with Gasteiger partial charge in [0.2, 0.25) is 0 Å². The van der Waals surface area contributed by atoms with E-state index in [1.54, 1.807) is 36.4 Å². The van der Waals surface area contributed by atoms with E-state index in [9.17, 15) is 9.59 Å². The minimum Gasteiger partial charge on any atom is -0.490 e. The molecule has 0 heterocycles. The van der Waals surface area contributed by atoms with Crippen LogP contribution in [0.3, 0.4) is 0 Å². The van der Waals surface area contributed by atoms with Crippen molar-refractivity contribution in [3.63, 3.8) is 0 Å². The topological polar surface area (TPSA) is 76.7 Å². The fourth-order valence-corrected chi connectivity index (χ4v) is 2.98. The number of rotatable bonds is 7. The van der Waals surface area contributed by atoms with Crippen LogP contribution in [0.25, 0.3) is 0 Å². The second kappa shape index (κ2) is 10.5. The van der Waals surface area contributed by atoms with Crippen molar-refractivity contribution in [1.82, 2.24) is 10.9 Å². The van der Waals surface area contributed by atoms with Crippen molar-refractivity contribution in [2.75, 3.05) is 13.2 Å². The van der Waals surface area contributed by atoms with Gasteiger partial charge in [-0.05, 0) is 47.4 Å². The van der Waals surface area contributed by atoms with Crippen LogP contribution >= 0.6 is 0 Å². The Bertz CT molecular complexity index is 1040. The number of carbonyl (C=O) groups is 2. The molecular weight excluding hydrogens is 404 g/mol. The van der Waals surface area contributed by atoms with Gasteiger partial charge in [-0.1, -0.05) is 63.2 Å². The summed E-state index contributed by atoms with van der Waals surface area (Å²) >= 11 is 0. The summed E-state index contributed by atoms with van der Waals surface area (Å²) in [4.78, 5) is 25.0. The molecule has 0 saturated heterocycles. The van der Waals surface area contributed by atoms with E-state index < -0.39 is 11.8 Å². The lowest BCUT2D eigenvalue weighted by Crippen LogP contribution is -2.41. The molecule has 3 aromatic carbocycles. The van der Waals surface area contributed by atoms with Crippen LogP contribution in [0.1, 0.15) is 47.1 Å². The van der Waals surface area contributed by atoms with E-state index >= 15 is 0 Å². The predicted molar refractivity (Wildman–Crippen MR) is 124 cm³/mol. The third-order valence-corrected chi connectivity index (χ3v) is 4.79. The van der Waals surface area contributed by atoms with E-state index in [0.29, 0.717) is 23.5 Å². The average Bonchev–Trinajstić information content (AvgIpc) is 2.80. The highest BCUT2D eigenvalue weighted by atomic mass is 16.5. The average molecular weight is 433 g/mol. The van der Waals surface area contributed by atoms with Gasteiger partial charge >= 0.3 is 0 Å². The van der Waals surface area contributed by atoms with Crippen molar-refractivity contribution in [2.24, 2.45) is 0 Å². The van der Waals surface area contributed by atoms with Gasteiger partial charge in [-0.25, -0.2) is 0 Å². The molecule has 2 N–H and O–H groups in total. The molecule has 0 atom stereocenters. The van der Waals surface area contributed by atoms with Crippen LogP contribution in [-0.4, -0.2) is 25.0 Å². The minimum atomic E-state index is -0.468. The molecule has 32 heavy (non-hydrogen) atoms. The molecule has 0 aliphatic carbocycles. The standard InChI is InChI=1S/C26H28N2O4/c1-26(2,3)20-15-13-19(14-16-20)24(29)27-28-25(30)22-11-7-8-12-23(22)32-18-17-31-21-9-5-4-6-10-21/h4-16H,17-18H2,1-3H3,(H,27,29)(H,28,30). The third-order valence-electron chi connectivity index (χ3n) is 4.79. The monoisotopic (exact) mass is 432 g/mol. The number of benzene rings is 3. The van der Waals surface area contributed by atoms with Crippen LogP contribution in [0.5, 0.6) is 11.5 Å². The smallest absolute Gasteiger partial charge is 0.273 e. The van der Waals surface area contributed by atoms with Gasteiger partial charge in [0.05, 0.1) is 5.56 Å². The van der Waals surface area contributed by atoms with Crippen molar-refractivity contribution in [3.8, 4) is 11.5 Å². The van der Waals surface area contributed by atoms with Gasteiger partial charge in [0.15, 0.2) is 0 Å². The quantitative estimate of drug-likeness (QED) is 0.425. The normalized spacial score (nSPS) is 10.8. The molecule has 2 amide bonds. The van der Waals surface area contributed by atoms with Crippen LogP contribution < -0.4 is 20.3 Å². The Morgan fingerprint density at radius 3 is 2.00 bits per heavy atom. The fraction of sp³-hybridized carbons (Fsp3) is 0.231. The molecular formula is C26H28N2O4. The lowest BCUT2D eigenvalue weighted by molar-refractivity contribution is 0.0844. The molecule has 0 aliphatic heterocycles. The number of hydrogen-bond donors (Lipinski definition) is 2. The lowest BCUT2D eigenvalue weighted by Gasteiger charge is -2.19. The van der Waals surface area contributed by atoms with E-state index in [1.165, 1.54) is 0 Å². The van der Waals surface area contributed by atoms with Gasteiger partial charge < -0.3 is 9.47 Å². The first-order chi connectivity index (χ1) is 15.3. The number of carbonyl (C=O) groups excluding carboxylic acids is 2. The van der Waals surface area contributed by atoms with Crippen molar-refractivity contribution in [2.45, 2.75) is 26.2 Å². The van der Waals surface area contributed by atoms with E-state index in [4.69, 9.17) is 9.47 Å². The van der Waals surface area contributed by atoms with Gasteiger partial charge in [-0.2, -0.15) is 0 Å². The number of hydrazine groups is 1. The highest BCUT2D eigenvalue weighted by molar-refractivity contribution is 6.00. The fourth-order valence-electron chi connectivity index (χ4n) is 2.98. The molecule has 0 bridgehead atoms. The van der Waals surface area contributed by atoms with Crippen molar-refractivity contribution < 1.29 is 19.1 Å². The minimum absolute atomic E-state index is 0.000924. The summed E-state index contributed by atoms with van der Waals surface area (Å²) in [5.41, 5.74) is 6.80. The molecule has 3 rings (SSSR count). The molecule has 0 radical (unpaired) electrons. The van der Waals surface area contributed by atoms with Crippen molar-refractivity contribution in [3.05, 3.63) is 95.6 Å². The number of hydrogen-bond acceptors (Lipinski definition) is 4. The summed E-state index contributed by atoms with van der Waals surface area (Å²) in [7, 11) is 0. The molecule has 0 spiro atoms. The van der Waals surface area contributed by atoms with Gasteiger partial charge in [0, 0.05) is 5.56 Å². The van der Waals surface area contributed by atoms with Crippen LogP contribution in [0.2, 0.25) is 0 Å². The maximum absolute atomic E-state index is 12.6. The Morgan fingerprint density at radius 2 is 1.31 bits per heavy atom. The molecule has 0 saturated carbocycles. The molecule has 0 unspecified atom stereocenters. The van der Waals surface area contributed by atoms with Crippen LogP contribution in [-0.2, 0) is 5.41 Å². The first-order valence-corrected chi connectivity index (χ1v) is 10.5. The Morgan fingerprint density at radius 1 is 0.719 bits per heavy atom. The SMILES string of the molecule is CC(C)(C)c1ccc(C(=O)NNC(=O)c2ccccc2OCCOc2ccccc2)cc1. The summed E-state index contributed by atoms with van der Waals surface area (Å²) in [6.45, 7) is 6.92. The zero-order valence-corrected chi connectivity index (χ0v) is 18.6. The Balaban J connectivity index is 1.53. The number of ether oxygens (including phenoxy) is 2. The first kappa shape index (κ1) is 22.9. The zero-order valence-electron chi connectivity index (χ0n) is 18.6. The summed E-state index contributed by atoms with van der Waals surface area (Å²) in [6.07, 6.45) is 0. The molecule has 3 aromatic rings. The van der Waals surface area contributed by atoms with Crippen LogP contribution in [0, 0.1) is 0 Å². The lowest BCUT2D eigenvalue weighted by atomic mass is 9.87. The Kier molecular flexibility index (Phi) is 7.49. The number of nitrogens with one attached hydrogen (secondary N) is 2. The van der Waals surface area contributed by atoms with Gasteiger partial charge in [-0.15, -0.1) is 0 Å². The van der Waals surface area contributed by atoms with E-state index in [2.05, 4.69) is 31.6 Å². The number of amides is 2. The summed E-state index contributed by atoms with van der Waals surface area (Å²) in [6, 6.07) is 23.6. The first-order valence-electron chi connectivity index (χ1n) is 10.5. The maximum atomic E-state index is 12.6. The third kappa shape index (κ3) is 6.35. The predicted octanol–water partition coefficient (Wildman–Crippen LogP) is 4.52. The largest absolute Gasteiger partial charge is 0.490 e.